The number of phenolic OH excluding ortho intramolecular Hbond substituents is 1. The fraction of sp³-hybridized carbons (Fsp3) is 0.467. The first-order valence-corrected chi connectivity index (χ1v) is 7.87. The first-order valence-electron chi connectivity index (χ1n) is 7.11. The summed E-state index contributed by atoms with van der Waals surface area (Å²) in [5, 5.41) is 10.8. The molecular weight excluding hydrogens is 327 g/mol. The van der Waals surface area contributed by atoms with Crippen LogP contribution in [0.1, 0.15) is 24.3 Å². The topological polar surface area (TPSA) is 60.9 Å². The molecule has 2 fully saturated rings. The average molecular weight is 343 g/mol. The second kappa shape index (κ2) is 5.63. The number of rotatable bonds is 1. The summed E-state index contributed by atoms with van der Waals surface area (Å²) in [5.41, 5.74) is 0.572. The molecule has 2 heterocycles. The zero-order valence-electron chi connectivity index (χ0n) is 12.1. The maximum atomic E-state index is 12.3. The lowest BCUT2D eigenvalue weighted by Crippen LogP contribution is -2.61. The Labute approximate surface area is 138 Å². The minimum atomic E-state index is -0.487. The Bertz CT molecular complexity index is 650. The summed E-state index contributed by atoms with van der Waals surface area (Å²) in [6, 6.07) is 2.57. The number of benzene rings is 1. The number of phenols is 1. The molecule has 0 spiro atoms. The van der Waals surface area contributed by atoms with Gasteiger partial charge < -0.3 is 14.9 Å². The first kappa shape index (κ1) is 15.4. The van der Waals surface area contributed by atoms with Crippen LogP contribution in [0.3, 0.4) is 0 Å². The van der Waals surface area contributed by atoms with Crippen molar-refractivity contribution in [1.82, 2.24) is 9.80 Å². The molecule has 2 aliphatic heterocycles. The minimum Gasteiger partial charge on any atom is -0.508 e. The Morgan fingerprint density at radius 3 is 2.73 bits per heavy atom. The van der Waals surface area contributed by atoms with Gasteiger partial charge in [0, 0.05) is 19.2 Å². The van der Waals surface area contributed by atoms with Crippen molar-refractivity contribution in [3.63, 3.8) is 0 Å². The van der Waals surface area contributed by atoms with Crippen LogP contribution in [0, 0.1) is 0 Å². The van der Waals surface area contributed by atoms with Crippen LogP contribution in [0.2, 0.25) is 10.0 Å². The highest BCUT2D eigenvalue weighted by Crippen LogP contribution is 2.43. The highest BCUT2D eigenvalue weighted by atomic mass is 35.5. The molecule has 2 aliphatic rings. The number of fused-ring (bicyclic) bond motifs is 1. The van der Waals surface area contributed by atoms with E-state index < -0.39 is 6.04 Å². The second-order valence-electron chi connectivity index (χ2n) is 5.81. The molecule has 2 saturated heterocycles. The van der Waals surface area contributed by atoms with E-state index in [2.05, 4.69) is 0 Å². The zero-order chi connectivity index (χ0) is 16.0. The summed E-state index contributed by atoms with van der Waals surface area (Å²) in [6.07, 6.45) is 1.09. The van der Waals surface area contributed by atoms with Gasteiger partial charge in [-0.2, -0.15) is 0 Å². The predicted octanol–water partition coefficient (Wildman–Crippen LogP) is 2.25. The number of amides is 2. The van der Waals surface area contributed by atoms with E-state index in [9.17, 15) is 14.7 Å². The Morgan fingerprint density at radius 1 is 1.27 bits per heavy atom. The van der Waals surface area contributed by atoms with Gasteiger partial charge in [-0.25, -0.2) is 0 Å². The highest BCUT2D eigenvalue weighted by Gasteiger charge is 2.42. The molecular formula is C15H16Cl2N2O3. The van der Waals surface area contributed by atoms with Crippen LogP contribution in [-0.4, -0.2) is 52.9 Å². The Morgan fingerprint density at radius 2 is 2.00 bits per heavy atom. The normalized spacial score (nSPS) is 25.4. The van der Waals surface area contributed by atoms with Gasteiger partial charge in [0.05, 0.1) is 16.6 Å². The average Bonchev–Trinajstić information content (AvgIpc) is 2.49. The number of nitrogens with zero attached hydrogens (tertiary/aromatic N) is 2. The van der Waals surface area contributed by atoms with Gasteiger partial charge in [-0.1, -0.05) is 23.2 Å². The van der Waals surface area contributed by atoms with Gasteiger partial charge in [0.2, 0.25) is 11.8 Å². The van der Waals surface area contributed by atoms with E-state index in [0.29, 0.717) is 35.0 Å². The summed E-state index contributed by atoms with van der Waals surface area (Å²) in [5.74, 6) is -0.125. The van der Waals surface area contributed by atoms with Gasteiger partial charge in [-0.05, 0) is 30.9 Å². The van der Waals surface area contributed by atoms with Crippen molar-refractivity contribution in [2.45, 2.75) is 24.8 Å². The standard InChI is InChI=1S/C15H16Cl2N2O3/c1-18-7-12(21)19-5-4-8(6-10(19)15(18)22)13-11(20)3-2-9(16)14(13)17/h2-3,8,10,20H,4-7H2,1H3. The summed E-state index contributed by atoms with van der Waals surface area (Å²) in [6.45, 7) is 0.610. The monoisotopic (exact) mass is 342 g/mol. The number of halogens is 2. The molecule has 2 atom stereocenters. The van der Waals surface area contributed by atoms with Crippen LogP contribution in [0.4, 0.5) is 0 Å². The van der Waals surface area contributed by atoms with E-state index in [4.69, 9.17) is 23.2 Å². The molecule has 22 heavy (non-hydrogen) atoms. The van der Waals surface area contributed by atoms with Crippen molar-refractivity contribution in [2.24, 2.45) is 0 Å². The van der Waals surface area contributed by atoms with Crippen molar-refractivity contribution in [3.05, 3.63) is 27.7 Å². The third-order valence-electron chi connectivity index (χ3n) is 4.47. The fourth-order valence-electron chi connectivity index (χ4n) is 3.33. The molecule has 5 nitrogen and oxygen atoms in total. The van der Waals surface area contributed by atoms with Gasteiger partial charge in [-0.15, -0.1) is 0 Å². The van der Waals surface area contributed by atoms with Crippen molar-refractivity contribution >= 4 is 35.0 Å². The number of carbonyl (C=O) groups excluding carboxylic acids is 2. The molecule has 118 valence electrons. The van der Waals surface area contributed by atoms with Crippen molar-refractivity contribution in [3.8, 4) is 5.75 Å². The van der Waals surface area contributed by atoms with Crippen LogP contribution < -0.4 is 0 Å². The summed E-state index contributed by atoms with van der Waals surface area (Å²) < 4.78 is 0. The number of hydrogen-bond acceptors (Lipinski definition) is 3. The number of piperazine rings is 1. The van der Waals surface area contributed by atoms with Gasteiger partial charge in [0.25, 0.3) is 0 Å². The Kier molecular flexibility index (Phi) is 3.95. The highest BCUT2D eigenvalue weighted by molar-refractivity contribution is 6.42. The largest absolute Gasteiger partial charge is 0.508 e. The van der Waals surface area contributed by atoms with Crippen LogP contribution in [0.5, 0.6) is 5.75 Å². The molecule has 2 amide bonds. The quantitative estimate of drug-likeness (QED) is 0.851. The van der Waals surface area contributed by atoms with E-state index in [1.54, 1.807) is 18.0 Å². The molecule has 0 aliphatic carbocycles. The molecule has 2 unspecified atom stereocenters. The van der Waals surface area contributed by atoms with E-state index >= 15 is 0 Å². The van der Waals surface area contributed by atoms with Gasteiger partial charge in [0.15, 0.2) is 0 Å². The van der Waals surface area contributed by atoms with E-state index in [1.807, 2.05) is 0 Å². The lowest BCUT2D eigenvalue weighted by atomic mass is 9.83. The van der Waals surface area contributed by atoms with Crippen LogP contribution in [0.15, 0.2) is 12.1 Å². The number of carbonyl (C=O) groups is 2. The van der Waals surface area contributed by atoms with Gasteiger partial charge in [-0.3, -0.25) is 9.59 Å². The van der Waals surface area contributed by atoms with Gasteiger partial charge >= 0.3 is 0 Å². The molecule has 1 aromatic carbocycles. The van der Waals surface area contributed by atoms with Crippen molar-refractivity contribution in [1.29, 1.82) is 0 Å². The van der Waals surface area contributed by atoms with Crippen LogP contribution in [0.25, 0.3) is 0 Å². The number of piperidine rings is 1. The lowest BCUT2D eigenvalue weighted by molar-refractivity contribution is -0.156. The second-order valence-corrected chi connectivity index (χ2v) is 6.60. The predicted molar refractivity (Wildman–Crippen MR) is 83.2 cm³/mol. The maximum absolute atomic E-state index is 12.3. The van der Waals surface area contributed by atoms with E-state index in [0.717, 1.165) is 0 Å². The molecule has 7 heteroatoms. The maximum Gasteiger partial charge on any atom is 0.245 e. The molecule has 1 aromatic rings. The minimum absolute atomic E-state index is 0.0352. The molecule has 0 saturated carbocycles. The molecule has 1 N–H and O–H groups in total. The Hall–Kier alpha value is -1.46. The van der Waals surface area contributed by atoms with E-state index in [1.165, 1.54) is 11.0 Å². The van der Waals surface area contributed by atoms with Crippen LogP contribution >= 0.6 is 23.2 Å². The molecule has 0 aromatic heterocycles. The number of likely N-dealkylation sites (N-methyl/N-ethyl adjacent to an activating group) is 1. The molecule has 3 rings (SSSR count). The molecule has 0 bridgehead atoms. The summed E-state index contributed by atoms with van der Waals surface area (Å²) in [4.78, 5) is 27.5. The molecule has 0 radical (unpaired) electrons. The fourth-order valence-corrected chi connectivity index (χ4v) is 3.81. The lowest BCUT2D eigenvalue weighted by Gasteiger charge is -2.44. The smallest absolute Gasteiger partial charge is 0.245 e. The Balaban J connectivity index is 1.92. The van der Waals surface area contributed by atoms with Crippen molar-refractivity contribution < 1.29 is 14.7 Å². The third kappa shape index (κ3) is 2.42. The van der Waals surface area contributed by atoms with Crippen molar-refractivity contribution in [2.75, 3.05) is 20.1 Å². The van der Waals surface area contributed by atoms with Gasteiger partial charge in [0.1, 0.15) is 11.8 Å². The number of hydrogen-bond donors (Lipinski definition) is 1. The third-order valence-corrected chi connectivity index (χ3v) is 5.29. The summed E-state index contributed by atoms with van der Waals surface area (Å²) in [7, 11) is 1.63. The number of aromatic hydroxyl groups is 1. The van der Waals surface area contributed by atoms with Crippen LogP contribution in [-0.2, 0) is 9.59 Å². The summed E-state index contributed by atoms with van der Waals surface area (Å²) >= 11 is 12.3. The first-order chi connectivity index (χ1) is 10.4. The van der Waals surface area contributed by atoms with E-state index in [-0.39, 0.29) is 30.0 Å². The zero-order valence-corrected chi connectivity index (χ0v) is 13.6. The SMILES string of the molecule is CN1CC(=O)N2CCC(c3c(O)ccc(Cl)c3Cl)CC2C1=O.